The molecule has 0 spiro atoms. The number of piperidine rings is 1. The van der Waals surface area contributed by atoms with Gasteiger partial charge < -0.3 is 14.6 Å². The van der Waals surface area contributed by atoms with Crippen LogP contribution in [0.25, 0.3) is 0 Å². The van der Waals surface area contributed by atoms with Gasteiger partial charge in [-0.25, -0.2) is 0 Å². The zero-order valence-corrected chi connectivity index (χ0v) is 13.4. The molecule has 1 atom stereocenters. The van der Waals surface area contributed by atoms with Crippen molar-refractivity contribution < 1.29 is 14.6 Å². The molecule has 1 N–H and O–H groups in total. The molecule has 0 aromatic heterocycles. The van der Waals surface area contributed by atoms with Crippen molar-refractivity contribution in [2.75, 3.05) is 33.9 Å². The van der Waals surface area contributed by atoms with E-state index in [9.17, 15) is 5.11 Å². The zero-order valence-electron chi connectivity index (χ0n) is 12.7. The molecule has 0 aliphatic carbocycles. The Balaban J connectivity index is 1.84. The lowest BCUT2D eigenvalue weighted by Gasteiger charge is -2.35. The fourth-order valence-electron chi connectivity index (χ4n) is 2.84. The van der Waals surface area contributed by atoms with Gasteiger partial charge in [-0.3, -0.25) is 4.90 Å². The van der Waals surface area contributed by atoms with Crippen molar-refractivity contribution in [3.8, 4) is 0 Å². The summed E-state index contributed by atoms with van der Waals surface area (Å²) in [6.45, 7) is 2.69. The van der Waals surface area contributed by atoms with E-state index in [1.54, 1.807) is 14.2 Å². The van der Waals surface area contributed by atoms with E-state index in [1.807, 2.05) is 24.3 Å². The molecule has 2 rings (SSSR count). The quantitative estimate of drug-likeness (QED) is 0.820. The number of hydrogen-bond acceptors (Lipinski definition) is 4. The predicted octanol–water partition coefficient (Wildman–Crippen LogP) is 2.70. The van der Waals surface area contributed by atoms with Crippen molar-refractivity contribution in [1.29, 1.82) is 0 Å². The molecule has 0 bridgehead atoms. The van der Waals surface area contributed by atoms with Crippen molar-refractivity contribution in [3.05, 3.63) is 34.9 Å². The highest BCUT2D eigenvalue weighted by atomic mass is 35.5. The van der Waals surface area contributed by atoms with Crippen LogP contribution in [0.1, 0.15) is 24.5 Å². The molecule has 0 radical (unpaired) electrons. The van der Waals surface area contributed by atoms with Gasteiger partial charge in [0.05, 0.1) is 6.10 Å². The maximum absolute atomic E-state index is 10.5. The van der Waals surface area contributed by atoms with Crippen LogP contribution >= 0.6 is 11.6 Å². The summed E-state index contributed by atoms with van der Waals surface area (Å²) >= 11 is 5.89. The molecule has 4 nitrogen and oxygen atoms in total. The smallest absolute Gasteiger partial charge is 0.169 e. The summed E-state index contributed by atoms with van der Waals surface area (Å²) in [5.74, 6) is 0.297. The predicted molar refractivity (Wildman–Crippen MR) is 83.4 cm³/mol. The third kappa shape index (κ3) is 4.66. The summed E-state index contributed by atoms with van der Waals surface area (Å²) in [5, 5.41) is 11.2. The first-order valence-electron chi connectivity index (χ1n) is 7.35. The number of rotatable bonds is 6. The van der Waals surface area contributed by atoms with Gasteiger partial charge in [0.1, 0.15) is 0 Å². The van der Waals surface area contributed by atoms with Gasteiger partial charge in [-0.2, -0.15) is 0 Å². The highest BCUT2D eigenvalue weighted by Gasteiger charge is 2.27. The molecular weight excluding hydrogens is 290 g/mol. The Morgan fingerprint density at radius 1 is 1.19 bits per heavy atom. The van der Waals surface area contributed by atoms with E-state index in [-0.39, 0.29) is 6.29 Å². The van der Waals surface area contributed by atoms with Gasteiger partial charge in [0.2, 0.25) is 0 Å². The van der Waals surface area contributed by atoms with Crippen LogP contribution < -0.4 is 0 Å². The lowest BCUT2D eigenvalue weighted by atomic mass is 9.87. The Kier molecular flexibility index (Phi) is 6.45. The number of halogens is 1. The Labute approximate surface area is 131 Å². The Morgan fingerprint density at radius 2 is 1.76 bits per heavy atom. The summed E-state index contributed by atoms with van der Waals surface area (Å²) < 4.78 is 10.5. The van der Waals surface area contributed by atoms with E-state index in [0.717, 1.165) is 38.0 Å². The van der Waals surface area contributed by atoms with Crippen LogP contribution in [0.4, 0.5) is 0 Å². The first kappa shape index (κ1) is 16.7. The van der Waals surface area contributed by atoms with E-state index in [1.165, 1.54) is 0 Å². The van der Waals surface area contributed by atoms with Gasteiger partial charge in [-0.05, 0) is 49.5 Å². The van der Waals surface area contributed by atoms with Crippen LogP contribution in [0.5, 0.6) is 0 Å². The molecule has 0 saturated carbocycles. The Morgan fingerprint density at radius 3 is 2.29 bits per heavy atom. The Bertz CT molecular complexity index is 414. The van der Waals surface area contributed by atoms with Gasteiger partial charge in [-0.15, -0.1) is 0 Å². The lowest BCUT2D eigenvalue weighted by molar-refractivity contribution is -0.119. The molecule has 21 heavy (non-hydrogen) atoms. The molecule has 1 aliphatic heterocycles. The van der Waals surface area contributed by atoms with Crippen molar-refractivity contribution in [3.63, 3.8) is 0 Å². The highest BCUT2D eigenvalue weighted by Crippen LogP contribution is 2.31. The molecular formula is C16H24ClNO3. The number of nitrogens with zero attached hydrogens (tertiary/aromatic N) is 1. The number of hydrogen-bond donors (Lipinski definition) is 1. The number of likely N-dealkylation sites (tertiary alicyclic amines) is 1. The number of benzene rings is 1. The van der Waals surface area contributed by atoms with Gasteiger partial charge in [0, 0.05) is 25.8 Å². The monoisotopic (exact) mass is 313 g/mol. The topological polar surface area (TPSA) is 41.9 Å². The van der Waals surface area contributed by atoms with Crippen molar-refractivity contribution in [2.24, 2.45) is 5.92 Å². The third-order valence-corrected chi connectivity index (χ3v) is 4.48. The van der Waals surface area contributed by atoms with E-state index >= 15 is 0 Å². The number of aliphatic hydroxyl groups is 1. The Hall–Kier alpha value is -0.650. The van der Waals surface area contributed by atoms with E-state index in [2.05, 4.69) is 4.90 Å². The zero-order chi connectivity index (χ0) is 15.2. The van der Waals surface area contributed by atoms with Crippen LogP contribution in [0.15, 0.2) is 24.3 Å². The molecule has 118 valence electrons. The minimum atomic E-state index is -0.412. The van der Waals surface area contributed by atoms with Crippen LogP contribution in [0.2, 0.25) is 5.02 Å². The first-order chi connectivity index (χ1) is 10.1. The van der Waals surface area contributed by atoms with Gasteiger partial charge >= 0.3 is 0 Å². The summed E-state index contributed by atoms with van der Waals surface area (Å²) in [7, 11) is 3.32. The molecule has 1 fully saturated rings. The number of aliphatic hydroxyl groups excluding tert-OH is 1. The molecule has 1 aromatic carbocycles. The second-order valence-electron chi connectivity index (χ2n) is 5.54. The molecule has 1 unspecified atom stereocenters. The summed E-state index contributed by atoms with van der Waals surface area (Å²) in [4.78, 5) is 2.32. The molecule has 1 saturated heterocycles. The molecule has 1 aromatic rings. The van der Waals surface area contributed by atoms with Crippen LogP contribution in [0, 0.1) is 5.92 Å². The standard InChI is InChI=1S/C16H24ClNO3/c1-20-15(21-2)11-18-9-7-13(8-10-18)16(19)12-3-5-14(17)6-4-12/h3-6,13,15-16,19H,7-11H2,1-2H3. The lowest BCUT2D eigenvalue weighted by Crippen LogP contribution is -2.41. The van der Waals surface area contributed by atoms with E-state index in [4.69, 9.17) is 21.1 Å². The maximum atomic E-state index is 10.5. The fraction of sp³-hybridized carbons (Fsp3) is 0.625. The number of ether oxygens (including phenoxy) is 2. The van der Waals surface area contributed by atoms with Crippen molar-refractivity contribution in [1.82, 2.24) is 4.90 Å². The second kappa shape index (κ2) is 8.11. The SMILES string of the molecule is COC(CN1CCC(C(O)c2ccc(Cl)cc2)CC1)OC. The average molecular weight is 314 g/mol. The molecule has 1 heterocycles. The van der Waals surface area contributed by atoms with Gasteiger partial charge in [0.25, 0.3) is 0 Å². The minimum absolute atomic E-state index is 0.178. The van der Waals surface area contributed by atoms with Gasteiger partial charge in [-0.1, -0.05) is 23.7 Å². The van der Waals surface area contributed by atoms with Crippen LogP contribution in [-0.2, 0) is 9.47 Å². The third-order valence-electron chi connectivity index (χ3n) is 4.22. The highest BCUT2D eigenvalue weighted by molar-refractivity contribution is 6.30. The van der Waals surface area contributed by atoms with Gasteiger partial charge in [0.15, 0.2) is 6.29 Å². The first-order valence-corrected chi connectivity index (χ1v) is 7.73. The molecule has 1 aliphatic rings. The summed E-state index contributed by atoms with van der Waals surface area (Å²) in [5.41, 5.74) is 0.949. The van der Waals surface area contributed by atoms with Crippen molar-refractivity contribution in [2.45, 2.75) is 25.2 Å². The normalized spacial score (nSPS) is 19.1. The van der Waals surface area contributed by atoms with E-state index < -0.39 is 6.10 Å². The summed E-state index contributed by atoms with van der Waals surface area (Å²) in [6.07, 6.45) is 1.36. The van der Waals surface area contributed by atoms with E-state index in [0.29, 0.717) is 10.9 Å². The maximum Gasteiger partial charge on any atom is 0.169 e. The number of methoxy groups -OCH3 is 2. The molecule has 0 amide bonds. The second-order valence-corrected chi connectivity index (χ2v) is 5.97. The average Bonchev–Trinajstić information content (AvgIpc) is 2.53. The van der Waals surface area contributed by atoms with Crippen LogP contribution in [-0.4, -0.2) is 50.2 Å². The largest absolute Gasteiger partial charge is 0.388 e. The van der Waals surface area contributed by atoms with Crippen molar-refractivity contribution >= 4 is 11.6 Å². The fourth-order valence-corrected chi connectivity index (χ4v) is 2.97. The molecule has 5 heteroatoms. The minimum Gasteiger partial charge on any atom is -0.388 e. The van der Waals surface area contributed by atoms with Crippen LogP contribution in [0.3, 0.4) is 0 Å². The summed E-state index contributed by atoms with van der Waals surface area (Å²) in [6, 6.07) is 7.48.